The van der Waals surface area contributed by atoms with Gasteiger partial charge in [-0.05, 0) is 51.0 Å². The van der Waals surface area contributed by atoms with Crippen LogP contribution >= 0.6 is 11.3 Å². The lowest BCUT2D eigenvalue weighted by molar-refractivity contribution is -0.154. The summed E-state index contributed by atoms with van der Waals surface area (Å²) in [4.78, 5) is 16.6. The molecule has 0 atom stereocenters. The fraction of sp³-hybridized carbons (Fsp3) is 0.333. The highest BCUT2D eigenvalue weighted by molar-refractivity contribution is 7.18. The molecule has 0 amide bonds. The fourth-order valence-corrected chi connectivity index (χ4v) is 4.11. The summed E-state index contributed by atoms with van der Waals surface area (Å²) in [6, 6.07) is 14.8. The average molecular weight is 436 g/mol. The molecule has 2 aromatic heterocycles. The van der Waals surface area contributed by atoms with Gasteiger partial charge in [-0.25, -0.2) is 4.98 Å². The first kappa shape index (κ1) is 21.2. The lowest BCUT2D eigenvalue weighted by atomic mass is 10.0. The van der Waals surface area contributed by atoms with Gasteiger partial charge in [0.15, 0.2) is 0 Å². The summed E-state index contributed by atoms with van der Waals surface area (Å²) in [6.07, 6.45) is 1.04. The van der Waals surface area contributed by atoms with E-state index in [1.807, 2.05) is 20.8 Å². The quantitative estimate of drug-likeness (QED) is 0.371. The summed E-state index contributed by atoms with van der Waals surface area (Å²) in [7, 11) is 0. The topological polar surface area (TPSA) is 78.1 Å². The molecule has 0 bridgehead atoms. The van der Waals surface area contributed by atoms with E-state index in [-0.39, 0.29) is 12.4 Å². The number of thiazole rings is 1. The molecule has 0 aliphatic carbocycles. The van der Waals surface area contributed by atoms with Gasteiger partial charge in [-0.3, -0.25) is 4.79 Å². The average Bonchev–Trinajstić information content (AvgIpc) is 3.31. The Kier molecular flexibility index (Phi) is 5.87. The van der Waals surface area contributed by atoms with Crippen LogP contribution in [0.3, 0.4) is 0 Å². The van der Waals surface area contributed by atoms with Crippen molar-refractivity contribution in [2.75, 3.05) is 0 Å². The molecule has 2 aromatic carbocycles. The van der Waals surface area contributed by atoms with Gasteiger partial charge in [0.2, 0.25) is 11.8 Å². The number of nitrogens with zero attached hydrogens (tertiary/aromatic N) is 3. The van der Waals surface area contributed by atoms with Crippen LogP contribution in [0.2, 0.25) is 0 Å². The number of carbonyl (C=O) groups excluding carboxylic acids is 1. The number of hydrogen-bond donors (Lipinski definition) is 0. The van der Waals surface area contributed by atoms with Crippen molar-refractivity contribution in [2.24, 2.45) is 0 Å². The molecule has 0 radical (unpaired) electrons. The lowest BCUT2D eigenvalue weighted by Crippen LogP contribution is -2.24. The lowest BCUT2D eigenvalue weighted by Gasteiger charge is -2.19. The zero-order valence-corrected chi connectivity index (χ0v) is 19.0. The van der Waals surface area contributed by atoms with Gasteiger partial charge in [0.1, 0.15) is 10.6 Å². The van der Waals surface area contributed by atoms with Crippen LogP contribution in [-0.2, 0) is 22.4 Å². The second-order valence-corrected chi connectivity index (χ2v) is 9.62. The van der Waals surface area contributed by atoms with Crippen molar-refractivity contribution in [3.63, 3.8) is 0 Å². The van der Waals surface area contributed by atoms with Gasteiger partial charge in [0, 0.05) is 6.42 Å². The van der Waals surface area contributed by atoms with Gasteiger partial charge in [-0.1, -0.05) is 35.9 Å². The molecule has 0 fully saturated rings. The standard InChI is InChI=1S/C24H25N3O3S/c1-15-5-7-16(8-6-15)17-9-10-19-18(13-17)25-22(31-19)14-21-27-26-20(29-21)11-12-23(28)30-24(2,3)4/h5-10,13H,11-12,14H2,1-4H3. The van der Waals surface area contributed by atoms with Crippen LogP contribution in [0, 0.1) is 6.92 Å². The Hall–Kier alpha value is -3.06. The third kappa shape index (κ3) is 5.55. The van der Waals surface area contributed by atoms with E-state index in [1.54, 1.807) is 11.3 Å². The summed E-state index contributed by atoms with van der Waals surface area (Å²) >= 11 is 1.62. The Morgan fingerprint density at radius 1 is 1.03 bits per heavy atom. The van der Waals surface area contributed by atoms with E-state index < -0.39 is 5.60 Å². The van der Waals surface area contributed by atoms with E-state index in [0.717, 1.165) is 20.8 Å². The largest absolute Gasteiger partial charge is 0.460 e. The van der Waals surface area contributed by atoms with Crippen molar-refractivity contribution in [1.82, 2.24) is 15.2 Å². The maximum absolute atomic E-state index is 11.9. The predicted octanol–water partition coefficient (Wildman–Crippen LogP) is 5.52. The number of esters is 1. The number of fused-ring (bicyclic) bond motifs is 1. The molecule has 31 heavy (non-hydrogen) atoms. The number of ether oxygens (including phenoxy) is 1. The number of benzene rings is 2. The van der Waals surface area contributed by atoms with Gasteiger partial charge < -0.3 is 9.15 Å². The Morgan fingerprint density at radius 2 is 1.74 bits per heavy atom. The second kappa shape index (κ2) is 8.59. The first-order chi connectivity index (χ1) is 14.7. The maximum atomic E-state index is 11.9. The molecule has 4 rings (SSSR count). The predicted molar refractivity (Wildman–Crippen MR) is 121 cm³/mol. The summed E-state index contributed by atoms with van der Waals surface area (Å²) in [5, 5.41) is 9.07. The van der Waals surface area contributed by atoms with Crippen molar-refractivity contribution in [3.05, 3.63) is 64.8 Å². The van der Waals surface area contributed by atoms with Crippen LogP contribution in [0.15, 0.2) is 46.9 Å². The molecule has 2 heterocycles. The van der Waals surface area contributed by atoms with Gasteiger partial charge in [0.25, 0.3) is 0 Å². The summed E-state index contributed by atoms with van der Waals surface area (Å²) < 4.78 is 12.1. The molecule has 0 unspecified atom stereocenters. The zero-order valence-electron chi connectivity index (χ0n) is 18.1. The number of aryl methyl sites for hydroxylation is 2. The van der Waals surface area contributed by atoms with Crippen molar-refractivity contribution in [3.8, 4) is 11.1 Å². The zero-order chi connectivity index (χ0) is 22.0. The third-order valence-electron chi connectivity index (χ3n) is 4.59. The van der Waals surface area contributed by atoms with Gasteiger partial charge in [0.05, 0.1) is 23.1 Å². The van der Waals surface area contributed by atoms with Crippen LogP contribution in [0.1, 0.15) is 49.5 Å². The second-order valence-electron chi connectivity index (χ2n) is 8.51. The molecular weight excluding hydrogens is 410 g/mol. The van der Waals surface area contributed by atoms with Crippen LogP contribution < -0.4 is 0 Å². The number of rotatable bonds is 6. The molecule has 0 saturated carbocycles. The normalized spacial score (nSPS) is 11.7. The van der Waals surface area contributed by atoms with Crippen molar-refractivity contribution < 1.29 is 13.9 Å². The van der Waals surface area contributed by atoms with Crippen LogP contribution in [0.4, 0.5) is 0 Å². The fourth-order valence-electron chi connectivity index (χ4n) is 3.17. The number of hydrogen-bond acceptors (Lipinski definition) is 7. The third-order valence-corrected chi connectivity index (χ3v) is 5.63. The van der Waals surface area contributed by atoms with Crippen LogP contribution in [0.5, 0.6) is 0 Å². The van der Waals surface area contributed by atoms with E-state index in [4.69, 9.17) is 14.1 Å². The maximum Gasteiger partial charge on any atom is 0.306 e. The molecule has 160 valence electrons. The van der Waals surface area contributed by atoms with E-state index in [2.05, 4.69) is 59.6 Å². The Bertz CT molecular complexity index is 1200. The summed E-state index contributed by atoms with van der Waals surface area (Å²) in [5.41, 5.74) is 4.03. The van der Waals surface area contributed by atoms with Gasteiger partial charge >= 0.3 is 5.97 Å². The number of aromatic nitrogens is 3. The molecule has 0 aliphatic rings. The van der Waals surface area contributed by atoms with Crippen LogP contribution in [-0.4, -0.2) is 26.8 Å². The monoisotopic (exact) mass is 435 g/mol. The van der Waals surface area contributed by atoms with Crippen LogP contribution in [0.25, 0.3) is 21.3 Å². The van der Waals surface area contributed by atoms with Crippen molar-refractivity contribution in [2.45, 2.75) is 52.6 Å². The Labute approximate surface area is 185 Å². The minimum absolute atomic E-state index is 0.210. The highest BCUT2D eigenvalue weighted by Crippen LogP contribution is 2.29. The first-order valence-corrected chi connectivity index (χ1v) is 11.1. The van der Waals surface area contributed by atoms with Crippen molar-refractivity contribution in [1.29, 1.82) is 0 Å². The molecular formula is C24H25N3O3S. The van der Waals surface area contributed by atoms with E-state index in [1.165, 1.54) is 11.1 Å². The smallest absolute Gasteiger partial charge is 0.306 e. The van der Waals surface area contributed by atoms with Gasteiger partial charge in [-0.2, -0.15) is 0 Å². The molecule has 0 aliphatic heterocycles. The minimum atomic E-state index is -0.497. The van der Waals surface area contributed by atoms with E-state index >= 15 is 0 Å². The Balaban J connectivity index is 1.42. The molecule has 4 aromatic rings. The molecule has 0 saturated heterocycles. The molecule has 7 heteroatoms. The summed E-state index contributed by atoms with van der Waals surface area (Å²) in [5.74, 6) is 0.656. The van der Waals surface area contributed by atoms with E-state index in [0.29, 0.717) is 24.6 Å². The minimum Gasteiger partial charge on any atom is -0.460 e. The number of carbonyl (C=O) groups is 1. The van der Waals surface area contributed by atoms with E-state index in [9.17, 15) is 4.79 Å². The summed E-state index contributed by atoms with van der Waals surface area (Å²) in [6.45, 7) is 7.62. The Morgan fingerprint density at radius 3 is 2.48 bits per heavy atom. The highest BCUT2D eigenvalue weighted by atomic mass is 32.1. The molecule has 6 nitrogen and oxygen atoms in total. The van der Waals surface area contributed by atoms with Gasteiger partial charge in [-0.15, -0.1) is 21.5 Å². The first-order valence-electron chi connectivity index (χ1n) is 10.2. The van der Waals surface area contributed by atoms with Crippen molar-refractivity contribution >= 4 is 27.5 Å². The molecule has 0 spiro atoms. The SMILES string of the molecule is Cc1ccc(-c2ccc3sc(Cc4nnc(CCC(=O)OC(C)(C)C)o4)nc3c2)cc1. The molecule has 0 N–H and O–H groups in total. The highest BCUT2D eigenvalue weighted by Gasteiger charge is 2.18.